The highest BCUT2D eigenvalue weighted by Crippen LogP contribution is 2.14. The number of rotatable bonds is 18. The van der Waals surface area contributed by atoms with E-state index in [0.717, 1.165) is 13.5 Å². The van der Waals surface area contributed by atoms with E-state index in [1.807, 2.05) is 0 Å². The predicted octanol–water partition coefficient (Wildman–Crippen LogP) is 7.08. The Morgan fingerprint density at radius 1 is 0.600 bits per heavy atom. The molecule has 0 radical (unpaired) electrons. The zero-order valence-corrected chi connectivity index (χ0v) is 17.4. The van der Waals surface area contributed by atoms with Crippen LogP contribution in [-0.4, -0.2) is 17.6 Å². The third-order valence-electron chi connectivity index (χ3n) is 4.56. The van der Waals surface area contributed by atoms with Crippen LogP contribution in [0, 0.1) is 0 Å². The minimum atomic E-state index is -0.833. The van der Waals surface area contributed by atoms with Crippen LogP contribution in [0.1, 0.15) is 129 Å². The Balaban J connectivity index is 0. The van der Waals surface area contributed by atoms with Crippen LogP contribution in [0.4, 0.5) is 0 Å². The van der Waals surface area contributed by atoms with Crippen molar-refractivity contribution in [2.75, 3.05) is 6.54 Å². The van der Waals surface area contributed by atoms with E-state index >= 15 is 0 Å². The molecule has 0 amide bonds. The van der Waals surface area contributed by atoms with Crippen LogP contribution < -0.4 is 5.73 Å². The van der Waals surface area contributed by atoms with Gasteiger partial charge in [-0.3, -0.25) is 4.79 Å². The molecule has 3 heteroatoms. The van der Waals surface area contributed by atoms with Gasteiger partial charge in [-0.15, -0.1) is 0 Å². The van der Waals surface area contributed by atoms with E-state index in [9.17, 15) is 0 Å². The van der Waals surface area contributed by atoms with Crippen molar-refractivity contribution in [2.24, 2.45) is 5.73 Å². The normalized spacial score (nSPS) is 10.4. The van der Waals surface area contributed by atoms with Crippen LogP contribution >= 0.6 is 0 Å². The number of nitrogens with two attached hydrogens (primary N) is 1. The number of carbonyl (C=O) groups is 1. The molecule has 25 heavy (non-hydrogen) atoms. The van der Waals surface area contributed by atoms with Gasteiger partial charge in [0.25, 0.3) is 5.97 Å². The zero-order chi connectivity index (χ0) is 19.0. The summed E-state index contributed by atoms with van der Waals surface area (Å²) in [5.41, 5.74) is 5.49. The van der Waals surface area contributed by atoms with Gasteiger partial charge in [-0.25, -0.2) is 0 Å². The number of unbranched alkanes of at least 4 members (excludes halogenated alkanes) is 17. The van der Waals surface area contributed by atoms with Gasteiger partial charge >= 0.3 is 0 Å². The van der Waals surface area contributed by atoms with Crippen LogP contribution in [0.5, 0.6) is 0 Å². The number of hydrogen-bond acceptors (Lipinski definition) is 2. The van der Waals surface area contributed by atoms with Crippen molar-refractivity contribution >= 4 is 5.97 Å². The predicted molar refractivity (Wildman–Crippen MR) is 111 cm³/mol. The summed E-state index contributed by atoms with van der Waals surface area (Å²) in [6.07, 6.45) is 25.8. The molecule has 0 aromatic heterocycles. The van der Waals surface area contributed by atoms with Gasteiger partial charge < -0.3 is 10.8 Å². The second kappa shape index (κ2) is 25.7. The Bertz CT molecular complexity index is 222. The van der Waals surface area contributed by atoms with E-state index in [1.54, 1.807) is 0 Å². The third kappa shape index (κ3) is 35.4. The molecular weight excluding hydrogens is 310 g/mol. The molecule has 3 nitrogen and oxygen atoms in total. The highest BCUT2D eigenvalue weighted by atomic mass is 16.4. The molecule has 0 aliphatic rings. The molecule has 0 fully saturated rings. The molecule has 0 aliphatic heterocycles. The minimum Gasteiger partial charge on any atom is -0.481 e. The third-order valence-corrected chi connectivity index (χ3v) is 4.56. The van der Waals surface area contributed by atoms with Crippen LogP contribution in [-0.2, 0) is 4.79 Å². The lowest BCUT2D eigenvalue weighted by Gasteiger charge is -2.03. The molecule has 0 bridgehead atoms. The van der Waals surface area contributed by atoms with E-state index in [1.165, 1.54) is 116 Å². The Morgan fingerprint density at radius 2 is 0.800 bits per heavy atom. The fraction of sp³-hybridized carbons (Fsp3) is 0.955. The lowest BCUT2D eigenvalue weighted by atomic mass is 10.0. The number of carboxylic acid groups (broad SMARTS) is 1. The average molecular weight is 358 g/mol. The summed E-state index contributed by atoms with van der Waals surface area (Å²) in [5, 5.41) is 7.42. The molecule has 0 saturated carbocycles. The van der Waals surface area contributed by atoms with Crippen LogP contribution in [0.3, 0.4) is 0 Å². The van der Waals surface area contributed by atoms with Crippen molar-refractivity contribution < 1.29 is 9.90 Å². The number of carboxylic acids is 1. The lowest BCUT2D eigenvalue weighted by molar-refractivity contribution is -0.134. The quantitative estimate of drug-likeness (QED) is 0.258. The molecule has 0 aliphatic carbocycles. The Kier molecular flexibility index (Phi) is 27.4. The monoisotopic (exact) mass is 357 g/mol. The summed E-state index contributed by atoms with van der Waals surface area (Å²) < 4.78 is 0. The van der Waals surface area contributed by atoms with E-state index < -0.39 is 5.97 Å². The van der Waals surface area contributed by atoms with Crippen LogP contribution in [0.25, 0.3) is 0 Å². The minimum absolute atomic E-state index is 0.833. The van der Waals surface area contributed by atoms with Crippen LogP contribution in [0.2, 0.25) is 0 Å². The first-order valence-corrected chi connectivity index (χ1v) is 11.0. The highest BCUT2D eigenvalue weighted by molar-refractivity contribution is 5.62. The van der Waals surface area contributed by atoms with Gasteiger partial charge in [0.05, 0.1) is 0 Å². The van der Waals surface area contributed by atoms with Crippen molar-refractivity contribution in [3.05, 3.63) is 0 Å². The fourth-order valence-electron chi connectivity index (χ4n) is 3.05. The van der Waals surface area contributed by atoms with Crippen LogP contribution in [0.15, 0.2) is 0 Å². The van der Waals surface area contributed by atoms with Gasteiger partial charge in [0.15, 0.2) is 0 Å². The van der Waals surface area contributed by atoms with Crippen molar-refractivity contribution in [1.29, 1.82) is 0 Å². The maximum Gasteiger partial charge on any atom is 0.300 e. The molecule has 0 aromatic rings. The maximum absolute atomic E-state index is 9.00. The molecule has 0 aromatic carbocycles. The number of aliphatic carboxylic acids is 1. The smallest absolute Gasteiger partial charge is 0.300 e. The molecule has 0 heterocycles. The zero-order valence-electron chi connectivity index (χ0n) is 17.4. The van der Waals surface area contributed by atoms with E-state index in [0.29, 0.717) is 0 Å². The van der Waals surface area contributed by atoms with Crippen molar-refractivity contribution in [2.45, 2.75) is 129 Å². The van der Waals surface area contributed by atoms with Gasteiger partial charge in [-0.1, -0.05) is 116 Å². The first-order chi connectivity index (χ1) is 12.1. The van der Waals surface area contributed by atoms with E-state index in [2.05, 4.69) is 6.92 Å². The first-order valence-electron chi connectivity index (χ1n) is 11.0. The second-order valence-electron chi connectivity index (χ2n) is 7.32. The summed E-state index contributed by atoms with van der Waals surface area (Å²) in [7, 11) is 0. The topological polar surface area (TPSA) is 63.3 Å². The molecule has 152 valence electrons. The number of hydrogen-bond donors (Lipinski definition) is 2. The molecular formula is C22H47NO2. The van der Waals surface area contributed by atoms with Gasteiger partial charge in [-0.2, -0.15) is 0 Å². The van der Waals surface area contributed by atoms with Crippen molar-refractivity contribution in [3.63, 3.8) is 0 Å². The fourth-order valence-corrected chi connectivity index (χ4v) is 3.05. The Morgan fingerprint density at radius 3 is 1.00 bits per heavy atom. The summed E-state index contributed by atoms with van der Waals surface area (Å²) in [4.78, 5) is 9.00. The standard InChI is InChI=1S/C20H43N.C2H4O2/c1-2-3-4-5-6-7-8-9-10-11-12-13-14-15-16-17-18-19-20-21;1-2(3)4/h2-21H2,1H3;1H3,(H,3,4). The van der Waals surface area contributed by atoms with E-state index in [4.69, 9.17) is 15.6 Å². The molecule has 0 saturated heterocycles. The lowest BCUT2D eigenvalue weighted by Crippen LogP contribution is -1.97. The molecule has 0 unspecified atom stereocenters. The highest BCUT2D eigenvalue weighted by Gasteiger charge is 1.94. The molecule has 3 N–H and O–H groups in total. The van der Waals surface area contributed by atoms with Gasteiger partial charge in [0.2, 0.25) is 0 Å². The SMILES string of the molecule is CC(=O)O.CCCCCCCCCCCCCCCCCCCCN. The summed E-state index contributed by atoms with van der Waals surface area (Å²) in [6.45, 7) is 4.25. The van der Waals surface area contributed by atoms with Gasteiger partial charge in [-0.05, 0) is 13.0 Å². The van der Waals surface area contributed by atoms with Gasteiger partial charge in [0, 0.05) is 6.92 Å². The van der Waals surface area contributed by atoms with E-state index in [-0.39, 0.29) is 0 Å². The molecule has 0 rings (SSSR count). The summed E-state index contributed by atoms with van der Waals surface area (Å²) in [5.74, 6) is -0.833. The maximum atomic E-state index is 9.00. The van der Waals surface area contributed by atoms with Crippen molar-refractivity contribution in [3.8, 4) is 0 Å². The van der Waals surface area contributed by atoms with Crippen molar-refractivity contribution in [1.82, 2.24) is 0 Å². The largest absolute Gasteiger partial charge is 0.481 e. The Labute approximate surface area is 158 Å². The summed E-state index contributed by atoms with van der Waals surface area (Å²) in [6, 6.07) is 0. The molecule has 0 atom stereocenters. The van der Waals surface area contributed by atoms with Gasteiger partial charge in [0.1, 0.15) is 0 Å². The second-order valence-corrected chi connectivity index (χ2v) is 7.32. The Hall–Kier alpha value is -0.570. The first kappa shape index (κ1) is 26.7. The summed E-state index contributed by atoms with van der Waals surface area (Å²) >= 11 is 0. The molecule has 0 spiro atoms. The average Bonchev–Trinajstić information content (AvgIpc) is 2.57.